The Hall–Kier alpha value is -4.80. The third-order valence-corrected chi connectivity index (χ3v) is 10.7. The molecule has 16 heteroatoms. The number of carbonyl (C=O) groups is 2. The first-order valence-electron chi connectivity index (χ1n) is 18.2. The van der Waals surface area contributed by atoms with Crippen LogP contribution in [0, 0.1) is 5.92 Å². The van der Waals surface area contributed by atoms with E-state index in [-0.39, 0.29) is 49.9 Å². The number of fused-ring (bicyclic) bond motifs is 4. The maximum Gasteiger partial charge on any atom is 0.409 e. The molecule has 2 aliphatic heterocycles. The monoisotopic (exact) mass is 762 g/mol. The summed E-state index contributed by atoms with van der Waals surface area (Å²) in [5, 5.41) is 11.5. The van der Waals surface area contributed by atoms with E-state index in [2.05, 4.69) is 4.98 Å². The van der Waals surface area contributed by atoms with Crippen molar-refractivity contribution >= 4 is 60.8 Å². The summed E-state index contributed by atoms with van der Waals surface area (Å²) in [6.07, 6.45) is 1.14. The molecule has 2 aromatic carbocycles. The zero-order valence-corrected chi connectivity index (χ0v) is 31.9. The maximum atomic E-state index is 13.2. The van der Waals surface area contributed by atoms with Crippen LogP contribution in [0.2, 0.25) is 0 Å². The molecule has 1 amide bonds. The van der Waals surface area contributed by atoms with E-state index in [0.717, 1.165) is 10.9 Å². The molecule has 4 atom stereocenters. The largest absolute Gasteiger partial charge is 0.458 e. The average molecular weight is 763 g/mol. The van der Waals surface area contributed by atoms with Gasteiger partial charge in [-0.1, -0.05) is 31.2 Å². The predicted octanol–water partition coefficient (Wildman–Crippen LogP) is 5.04. The van der Waals surface area contributed by atoms with E-state index in [0.29, 0.717) is 59.8 Å². The molecule has 0 radical (unpaired) electrons. The molecule has 0 bridgehead atoms. The third kappa shape index (κ3) is 7.72. The molecule has 7 rings (SSSR count). The molecule has 1 N–H and O–H groups in total. The number of anilines is 1. The van der Waals surface area contributed by atoms with Crippen LogP contribution < -0.4 is 4.90 Å². The molecule has 288 valence electrons. The Labute approximate surface area is 313 Å². The topological polar surface area (TPSA) is 179 Å². The number of likely N-dealkylation sites (tertiary alicyclic amines) is 1. The molecule has 54 heavy (non-hydrogen) atoms. The van der Waals surface area contributed by atoms with Crippen molar-refractivity contribution in [3.8, 4) is 0 Å². The molecule has 2 fully saturated rings. The number of ether oxygens (including phenoxy) is 3. The molecule has 5 aromatic rings. The molecule has 3 aromatic heterocycles. The minimum Gasteiger partial charge on any atom is -0.458 e. The second-order valence-corrected chi connectivity index (χ2v) is 17.1. The van der Waals surface area contributed by atoms with Gasteiger partial charge in [0.2, 0.25) is 15.0 Å². The predicted molar refractivity (Wildman–Crippen MR) is 200 cm³/mol. The van der Waals surface area contributed by atoms with Crippen LogP contribution in [0.15, 0.2) is 58.1 Å². The number of nitrogens with zero attached hydrogens (tertiary/aromatic N) is 6. The van der Waals surface area contributed by atoms with Gasteiger partial charge in [0.25, 0.3) is 0 Å². The van der Waals surface area contributed by atoms with Gasteiger partial charge in [0, 0.05) is 50.2 Å². The van der Waals surface area contributed by atoms with Crippen molar-refractivity contribution < 1.29 is 41.7 Å². The van der Waals surface area contributed by atoms with Crippen molar-refractivity contribution in [2.24, 2.45) is 5.92 Å². The summed E-state index contributed by atoms with van der Waals surface area (Å²) in [4.78, 5) is 43.6. The van der Waals surface area contributed by atoms with Gasteiger partial charge < -0.3 is 38.1 Å². The summed E-state index contributed by atoms with van der Waals surface area (Å²) in [6, 6.07) is 13.9. The number of hydrogen-bond donors (Lipinski definition) is 1. The van der Waals surface area contributed by atoms with Crippen LogP contribution in [0.4, 0.5) is 10.6 Å². The number of para-hydroxylation sites is 3. The van der Waals surface area contributed by atoms with Gasteiger partial charge in [-0.15, -0.1) is 0 Å². The highest BCUT2D eigenvalue weighted by molar-refractivity contribution is 7.90. The highest BCUT2D eigenvalue weighted by Crippen LogP contribution is 2.37. The first-order valence-corrected chi connectivity index (χ1v) is 20.1. The second kappa shape index (κ2) is 14.8. The number of sulfone groups is 1. The Morgan fingerprint density at radius 3 is 2.54 bits per heavy atom. The SMILES string of the molecule is CC1CN(C(=O)OCCCOCc2nc(N3C[C@@H](O)C[C@H]3C(=O)OC(C)(C)C)c3oc4ccccc4c3n2)CCC1n1c(S(C)(=O)=O)nc2ccccc21. The van der Waals surface area contributed by atoms with Crippen LogP contribution in [0.5, 0.6) is 0 Å². The Bertz CT molecular complexity index is 2300. The summed E-state index contributed by atoms with van der Waals surface area (Å²) in [5.41, 5.74) is 2.26. The Morgan fingerprint density at radius 1 is 1.02 bits per heavy atom. The van der Waals surface area contributed by atoms with E-state index in [1.165, 1.54) is 6.26 Å². The third-order valence-electron chi connectivity index (χ3n) is 9.71. The number of aliphatic hydroxyl groups is 1. The van der Waals surface area contributed by atoms with Gasteiger partial charge in [0.1, 0.15) is 29.3 Å². The lowest BCUT2D eigenvalue weighted by Gasteiger charge is -2.37. The van der Waals surface area contributed by atoms with Crippen molar-refractivity contribution in [1.29, 1.82) is 0 Å². The quantitative estimate of drug-likeness (QED) is 0.148. The fourth-order valence-corrected chi connectivity index (χ4v) is 8.24. The molecule has 5 heterocycles. The number of imidazole rings is 1. The number of hydrogen-bond acceptors (Lipinski definition) is 13. The van der Waals surface area contributed by atoms with Crippen molar-refractivity contribution in [1.82, 2.24) is 24.4 Å². The van der Waals surface area contributed by atoms with Crippen LogP contribution in [0.1, 0.15) is 58.8 Å². The number of amides is 1. The van der Waals surface area contributed by atoms with Crippen LogP contribution in [0.3, 0.4) is 0 Å². The molecule has 2 aliphatic rings. The number of carbonyl (C=O) groups excluding carboxylic acids is 2. The standard InChI is InChI=1S/C38H46N6O9S/c1-23-20-42(16-15-27(23)44-28-13-8-7-12-26(28)39-36(44)54(5,48)49)37(47)51-18-10-17-50-22-31-40-32-25-11-6-9-14-30(25)52-33(32)34(41-31)43-21-24(45)19-29(43)35(46)53-38(2,3)4/h6-9,11-14,23-24,27,29,45H,10,15-22H2,1-5H3/t23?,24-,27?,29-/m0/s1. The lowest BCUT2D eigenvalue weighted by atomic mass is 9.93. The van der Waals surface area contributed by atoms with E-state index in [9.17, 15) is 23.1 Å². The summed E-state index contributed by atoms with van der Waals surface area (Å²) in [5.74, 6) is 0.237. The highest BCUT2D eigenvalue weighted by atomic mass is 32.2. The van der Waals surface area contributed by atoms with Crippen molar-refractivity contribution in [2.75, 3.05) is 44.0 Å². The van der Waals surface area contributed by atoms with Gasteiger partial charge in [-0.2, -0.15) is 0 Å². The fraction of sp³-hybridized carbons (Fsp3) is 0.500. The van der Waals surface area contributed by atoms with Gasteiger partial charge in [-0.05, 0) is 57.4 Å². The summed E-state index contributed by atoms with van der Waals surface area (Å²) in [7, 11) is -3.58. The minimum atomic E-state index is -3.58. The first kappa shape index (κ1) is 37.5. The molecule has 2 unspecified atom stereocenters. The van der Waals surface area contributed by atoms with Gasteiger partial charge >= 0.3 is 12.1 Å². The van der Waals surface area contributed by atoms with E-state index in [4.69, 9.17) is 28.6 Å². The highest BCUT2D eigenvalue weighted by Gasteiger charge is 2.41. The van der Waals surface area contributed by atoms with Gasteiger partial charge in [-0.3, -0.25) is 0 Å². The molecule has 15 nitrogen and oxygen atoms in total. The smallest absolute Gasteiger partial charge is 0.409 e. The Balaban J connectivity index is 0.966. The van der Waals surface area contributed by atoms with E-state index in [1.54, 1.807) is 36.6 Å². The van der Waals surface area contributed by atoms with Gasteiger partial charge in [0.05, 0.1) is 30.4 Å². The number of furan rings is 1. The number of β-amino-alcohol motifs (C(OH)–C–C–N with tert-alkyl or cyclic N) is 1. The minimum absolute atomic E-state index is 0.0380. The van der Waals surface area contributed by atoms with Crippen molar-refractivity contribution in [3.05, 3.63) is 54.4 Å². The maximum absolute atomic E-state index is 13.2. The molecule has 0 spiro atoms. The Kier molecular flexibility index (Phi) is 10.3. The van der Waals surface area contributed by atoms with Crippen LogP contribution in [-0.2, 0) is 35.4 Å². The van der Waals surface area contributed by atoms with E-state index < -0.39 is 39.6 Å². The summed E-state index contributed by atoms with van der Waals surface area (Å²) in [6.45, 7) is 8.82. The second-order valence-electron chi connectivity index (χ2n) is 15.2. The molecule has 0 saturated carbocycles. The number of aliphatic hydroxyl groups excluding tert-OH is 1. The average Bonchev–Trinajstić information content (AvgIpc) is 3.82. The van der Waals surface area contributed by atoms with Crippen molar-refractivity contribution in [2.45, 2.75) is 82.5 Å². The molecule has 0 aliphatic carbocycles. The van der Waals surface area contributed by atoms with Crippen molar-refractivity contribution in [3.63, 3.8) is 0 Å². The first-order chi connectivity index (χ1) is 25.7. The normalized spacial score (nSPS) is 21.0. The van der Waals surface area contributed by atoms with Gasteiger partial charge in [-0.25, -0.2) is 33.0 Å². The van der Waals surface area contributed by atoms with Crippen LogP contribution in [0.25, 0.3) is 33.1 Å². The number of esters is 1. The Morgan fingerprint density at radius 2 is 1.78 bits per heavy atom. The zero-order chi connectivity index (χ0) is 38.4. The molecule has 2 saturated heterocycles. The number of benzene rings is 2. The lowest BCUT2D eigenvalue weighted by molar-refractivity contribution is -0.156. The van der Waals surface area contributed by atoms with E-state index in [1.807, 2.05) is 54.0 Å². The summed E-state index contributed by atoms with van der Waals surface area (Å²) < 4.78 is 50.5. The van der Waals surface area contributed by atoms with Crippen LogP contribution in [-0.4, -0.2) is 107 Å². The van der Waals surface area contributed by atoms with Gasteiger partial charge in [0.15, 0.2) is 17.2 Å². The van der Waals surface area contributed by atoms with E-state index >= 15 is 0 Å². The summed E-state index contributed by atoms with van der Waals surface area (Å²) >= 11 is 0. The number of rotatable bonds is 10. The zero-order valence-electron chi connectivity index (χ0n) is 31.1. The molecular formula is C38H46N6O9S. The fourth-order valence-electron chi connectivity index (χ4n) is 7.38. The number of piperidine rings is 1. The molecular weight excluding hydrogens is 717 g/mol. The van der Waals surface area contributed by atoms with Crippen LogP contribution >= 0.6 is 0 Å². The lowest BCUT2D eigenvalue weighted by Crippen LogP contribution is -2.44. The number of aromatic nitrogens is 4.